The Hall–Kier alpha value is -1.17. The Morgan fingerprint density at radius 3 is 2.81 bits per heavy atom. The van der Waals surface area contributed by atoms with E-state index in [1.54, 1.807) is 0 Å². The van der Waals surface area contributed by atoms with E-state index < -0.39 is 12.1 Å². The molecular weight excluding hydrogens is 344 g/mol. The van der Waals surface area contributed by atoms with Gasteiger partial charge in [-0.15, -0.1) is 0 Å². The first-order chi connectivity index (χ1) is 13.0. The van der Waals surface area contributed by atoms with Crippen molar-refractivity contribution < 1.29 is 24.5 Å². The van der Waals surface area contributed by atoms with Gasteiger partial charge in [0.2, 0.25) is 0 Å². The number of rotatable bonds is 12. The van der Waals surface area contributed by atoms with E-state index in [1.807, 2.05) is 6.08 Å². The minimum Gasteiger partial charge on any atom is -0.481 e. The molecule has 0 aromatic rings. The molecule has 0 amide bonds. The van der Waals surface area contributed by atoms with Gasteiger partial charge in [-0.25, -0.2) is 0 Å². The summed E-state index contributed by atoms with van der Waals surface area (Å²) >= 11 is 0. The first-order valence-electron chi connectivity index (χ1n) is 10.6. The number of carboxylic acids is 1. The van der Waals surface area contributed by atoms with Crippen LogP contribution in [0.5, 0.6) is 0 Å². The second-order valence-electron chi connectivity index (χ2n) is 8.29. The second kappa shape index (κ2) is 9.35. The van der Waals surface area contributed by atoms with Crippen molar-refractivity contribution in [2.45, 2.75) is 101 Å². The molecule has 4 aliphatic rings. The lowest BCUT2D eigenvalue weighted by atomic mass is 9.76. The Kier molecular flexibility index (Phi) is 7.12. The van der Waals surface area contributed by atoms with Crippen LogP contribution in [-0.2, 0) is 14.3 Å². The van der Waals surface area contributed by atoms with Crippen LogP contribution in [0.2, 0.25) is 0 Å². The smallest absolute Gasteiger partial charge is 0.303 e. The number of unbranched alkanes of at least 4 members (excludes halogenated alkanes) is 3. The van der Waals surface area contributed by atoms with Gasteiger partial charge in [-0.05, 0) is 25.7 Å². The van der Waals surface area contributed by atoms with Crippen LogP contribution in [0, 0.1) is 5.92 Å². The molecule has 0 radical (unpaired) electrons. The number of allylic oxidation sites excluding steroid dienone is 2. The summed E-state index contributed by atoms with van der Waals surface area (Å²) in [5, 5.41) is 19.0. The van der Waals surface area contributed by atoms with Crippen molar-refractivity contribution in [3.05, 3.63) is 24.3 Å². The van der Waals surface area contributed by atoms with E-state index in [4.69, 9.17) is 14.6 Å². The van der Waals surface area contributed by atoms with Gasteiger partial charge >= 0.3 is 5.97 Å². The van der Waals surface area contributed by atoms with Gasteiger partial charge in [0.05, 0.1) is 30.0 Å². The number of carboxylic acid groups (broad SMARTS) is 1. The summed E-state index contributed by atoms with van der Waals surface area (Å²) < 4.78 is 12.6. The van der Waals surface area contributed by atoms with Crippen molar-refractivity contribution >= 4 is 5.97 Å². The monoisotopic (exact) mass is 378 g/mol. The van der Waals surface area contributed by atoms with Crippen LogP contribution in [0.3, 0.4) is 0 Å². The number of hydrogen-bond donors (Lipinski definition) is 2. The van der Waals surface area contributed by atoms with Crippen molar-refractivity contribution in [2.75, 3.05) is 0 Å². The number of aliphatic hydroxyl groups is 1. The fourth-order valence-electron chi connectivity index (χ4n) is 4.80. The van der Waals surface area contributed by atoms with E-state index in [9.17, 15) is 9.90 Å². The van der Waals surface area contributed by atoms with Gasteiger partial charge in [0, 0.05) is 25.2 Å². The highest BCUT2D eigenvalue weighted by Crippen LogP contribution is 2.55. The summed E-state index contributed by atoms with van der Waals surface area (Å²) in [7, 11) is 0. The van der Waals surface area contributed by atoms with Gasteiger partial charge in [0.1, 0.15) is 0 Å². The van der Waals surface area contributed by atoms with Crippen LogP contribution in [0.15, 0.2) is 24.3 Å². The molecule has 0 spiro atoms. The quantitative estimate of drug-likeness (QED) is 0.396. The fraction of sp³-hybridized carbons (Fsp3) is 0.773. The van der Waals surface area contributed by atoms with Gasteiger partial charge in [-0.1, -0.05) is 50.5 Å². The molecule has 4 aliphatic heterocycles. The third-order valence-corrected chi connectivity index (χ3v) is 6.22. The topological polar surface area (TPSA) is 76.0 Å². The second-order valence-corrected chi connectivity index (χ2v) is 8.29. The highest BCUT2D eigenvalue weighted by atomic mass is 16.6. The van der Waals surface area contributed by atoms with Crippen molar-refractivity contribution in [3.63, 3.8) is 0 Å². The zero-order valence-electron chi connectivity index (χ0n) is 16.4. The van der Waals surface area contributed by atoms with E-state index in [1.165, 1.54) is 0 Å². The summed E-state index contributed by atoms with van der Waals surface area (Å²) in [6, 6.07) is 0. The SMILES string of the molecule is CCCCCC(O)C=CC12CC3OC(CC3O1)C2CC=CCCCC(=O)O. The lowest BCUT2D eigenvalue weighted by Crippen LogP contribution is -2.48. The largest absolute Gasteiger partial charge is 0.481 e. The van der Waals surface area contributed by atoms with Gasteiger partial charge in [-0.2, -0.15) is 0 Å². The Balaban J connectivity index is 1.56. The summed E-state index contributed by atoms with van der Waals surface area (Å²) in [5.74, 6) is -0.473. The minimum absolute atomic E-state index is 0.202. The van der Waals surface area contributed by atoms with Gasteiger partial charge in [0.25, 0.3) is 0 Å². The Bertz CT molecular complexity index is 541. The molecule has 4 heterocycles. The molecule has 0 aromatic heterocycles. The molecule has 6 atom stereocenters. The summed E-state index contributed by atoms with van der Waals surface area (Å²) in [4.78, 5) is 10.6. The normalized spacial score (nSPS) is 35.6. The zero-order chi connectivity index (χ0) is 19.3. The van der Waals surface area contributed by atoms with Gasteiger partial charge < -0.3 is 19.7 Å². The number of aliphatic carboxylic acids is 1. The molecular formula is C22H34O5. The van der Waals surface area contributed by atoms with E-state index in [0.29, 0.717) is 6.42 Å². The van der Waals surface area contributed by atoms with Gasteiger partial charge in [-0.3, -0.25) is 4.79 Å². The van der Waals surface area contributed by atoms with E-state index in [-0.39, 0.29) is 36.3 Å². The minimum atomic E-state index is -0.739. The van der Waals surface area contributed by atoms with Crippen molar-refractivity contribution in [2.24, 2.45) is 5.92 Å². The van der Waals surface area contributed by atoms with Crippen molar-refractivity contribution in [3.8, 4) is 0 Å². The molecule has 4 rings (SSSR count). The molecule has 2 N–H and O–H groups in total. The van der Waals surface area contributed by atoms with Crippen LogP contribution in [0.4, 0.5) is 0 Å². The summed E-state index contributed by atoms with van der Waals surface area (Å²) in [6.07, 6.45) is 17.1. The lowest BCUT2D eigenvalue weighted by molar-refractivity contribution is -0.137. The highest BCUT2D eigenvalue weighted by Gasteiger charge is 2.62. The third-order valence-electron chi connectivity index (χ3n) is 6.22. The number of hydrogen-bond acceptors (Lipinski definition) is 4. The van der Waals surface area contributed by atoms with Crippen molar-refractivity contribution in [1.82, 2.24) is 0 Å². The fourth-order valence-corrected chi connectivity index (χ4v) is 4.80. The predicted octanol–water partition coefficient (Wildman–Crippen LogP) is 4.00. The van der Waals surface area contributed by atoms with Crippen LogP contribution in [-0.4, -0.2) is 46.2 Å². The maximum atomic E-state index is 10.6. The molecule has 4 saturated heterocycles. The van der Waals surface area contributed by atoms with Crippen molar-refractivity contribution in [1.29, 1.82) is 0 Å². The molecule has 6 unspecified atom stereocenters. The highest BCUT2D eigenvalue weighted by molar-refractivity contribution is 5.66. The number of carbonyl (C=O) groups is 1. The first kappa shape index (κ1) is 20.6. The predicted molar refractivity (Wildman–Crippen MR) is 104 cm³/mol. The molecule has 0 aliphatic carbocycles. The Morgan fingerprint density at radius 1 is 1.22 bits per heavy atom. The van der Waals surface area contributed by atoms with Crippen LogP contribution in [0.1, 0.15) is 71.1 Å². The average Bonchev–Trinajstić information content (AvgIpc) is 3.09. The molecule has 27 heavy (non-hydrogen) atoms. The molecule has 4 bridgehead atoms. The lowest BCUT2D eigenvalue weighted by Gasteiger charge is -2.43. The van der Waals surface area contributed by atoms with Crippen LogP contribution in [0.25, 0.3) is 0 Å². The zero-order valence-corrected chi connectivity index (χ0v) is 16.4. The van der Waals surface area contributed by atoms with E-state index in [0.717, 1.165) is 51.4 Å². The molecule has 4 fully saturated rings. The van der Waals surface area contributed by atoms with Crippen LogP contribution >= 0.6 is 0 Å². The Morgan fingerprint density at radius 2 is 2.07 bits per heavy atom. The molecule has 0 saturated carbocycles. The van der Waals surface area contributed by atoms with Gasteiger partial charge in [0.15, 0.2) is 0 Å². The first-order valence-corrected chi connectivity index (χ1v) is 10.6. The van der Waals surface area contributed by atoms with E-state index >= 15 is 0 Å². The Labute approximate surface area is 162 Å². The summed E-state index contributed by atoms with van der Waals surface area (Å²) in [5.41, 5.74) is -0.312. The molecule has 0 aromatic carbocycles. The van der Waals surface area contributed by atoms with E-state index in [2.05, 4.69) is 25.2 Å². The standard InChI is InChI=1S/C22H34O5/c1-2-3-6-9-16(23)12-13-22-15-20-19(27-22)14-18(26-20)17(22)10-7-4-5-8-11-21(24)25/h4,7,12-13,16-20,23H,2-3,5-6,8-11,14-15H2,1H3,(H,24,25). The third kappa shape index (κ3) is 5.01. The molecule has 5 nitrogen and oxygen atoms in total. The molecule has 152 valence electrons. The summed E-state index contributed by atoms with van der Waals surface area (Å²) in [6.45, 7) is 2.17. The van der Waals surface area contributed by atoms with Crippen LogP contribution < -0.4 is 0 Å². The number of ether oxygens (including phenoxy) is 2. The maximum Gasteiger partial charge on any atom is 0.303 e. The maximum absolute atomic E-state index is 10.6. The average molecular weight is 379 g/mol. The molecule has 5 heteroatoms. The number of aliphatic hydroxyl groups excluding tert-OH is 1.